The Morgan fingerprint density at radius 3 is 2.75 bits per heavy atom. The largest absolute Gasteiger partial charge is 0.334 e. The molecule has 24 heavy (non-hydrogen) atoms. The first-order chi connectivity index (χ1) is 11.3. The van der Waals surface area contributed by atoms with Crippen LogP contribution in [-0.4, -0.2) is 25.8 Å². The predicted molar refractivity (Wildman–Crippen MR) is 94.9 cm³/mol. The Morgan fingerprint density at radius 2 is 2.08 bits per heavy atom. The van der Waals surface area contributed by atoms with E-state index < -0.39 is 10.0 Å². The lowest BCUT2D eigenvalue weighted by molar-refractivity contribution is -0.127. The summed E-state index contributed by atoms with van der Waals surface area (Å²) in [5.74, 6) is -0.0324. The Bertz CT molecular complexity index is 900. The zero-order valence-corrected chi connectivity index (χ0v) is 14.9. The van der Waals surface area contributed by atoms with Gasteiger partial charge in [0.2, 0.25) is 15.9 Å². The van der Waals surface area contributed by atoms with Crippen LogP contribution in [0.3, 0.4) is 0 Å². The number of hydrogen-bond acceptors (Lipinski definition) is 4. The number of benzene rings is 1. The van der Waals surface area contributed by atoms with Gasteiger partial charge in [-0.3, -0.25) is 4.79 Å². The SMILES string of the molecule is C/C(=C\c1cccs1)C(=O)N1CCc2ccc(S(N)(=O)=O)cc2C1. The molecule has 0 spiro atoms. The summed E-state index contributed by atoms with van der Waals surface area (Å²) in [6.07, 6.45) is 2.58. The van der Waals surface area contributed by atoms with Gasteiger partial charge in [0.05, 0.1) is 4.90 Å². The first-order valence-electron chi connectivity index (χ1n) is 7.50. The van der Waals surface area contributed by atoms with Crippen LogP contribution in [0.15, 0.2) is 46.2 Å². The van der Waals surface area contributed by atoms with E-state index in [0.717, 1.165) is 16.0 Å². The van der Waals surface area contributed by atoms with Crippen molar-refractivity contribution < 1.29 is 13.2 Å². The van der Waals surface area contributed by atoms with Gasteiger partial charge < -0.3 is 4.90 Å². The summed E-state index contributed by atoms with van der Waals surface area (Å²) in [5.41, 5.74) is 2.57. The maximum Gasteiger partial charge on any atom is 0.249 e. The zero-order valence-electron chi connectivity index (χ0n) is 13.2. The molecule has 0 radical (unpaired) electrons. The fourth-order valence-electron chi connectivity index (χ4n) is 2.78. The molecule has 0 unspecified atom stereocenters. The molecule has 7 heteroatoms. The van der Waals surface area contributed by atoms with Crippen LogP contribution in [0.25, 0.3) is 6.08 Å². The van der Waals surface area contributed by atoms with Crippen molar-refractivity contribution in [1.29, 1.82) is 0 Å². The molecular formula is C17H18N2O3S2. The molecular weight excluding hydrogens is 344 g/mol. The number of thiophene rings is 1. The molecule has 1 amide bonds. The number of fused-ring (bicyclic) bond motifs is 1. The fraction of sp³-hybridized carbons (Fsp3) is 0.235. The van der Waals surface area contributed by atoms with Gasteiger partial charge in [-0.2, -0.15) is 0 Å². The number of carbonyl (C=O) groups excluding carboxylic acids is 1. The smallest absolute Gasteiger partial charge is 0.249 e. The second kappa shape index (κ2) is 6.51. The van der Waals surface area contributed by atoms with Crippen LogP contribution < -0.4 is 5.14 Å². The number of nitrogens with zero attached hydrogens (tertiary/aromatic N) is 1. The molecule has 5 nitrogen and oxygen atoms in total. The van der Waals surface area contributed by atoms with Crippen molar-refractivity contribution in [3.8, 4) is 0 Å². The topological polar surface area (TPSA) is 80.5 Å². The first-order valence-corrected chi connectivity index (χ1v) is 9.93. The maximum absolute atomic E-state index is 12.6. The van der Waals surface area contributed by atoms with E-state index in [2.05, 4.69) is 0 Å². The van der Waals surface area contributed by atoms with Gasteiger partial charge in [0.25, 0.3) is 0 Å². The van der Waals surface area contributed by atoms with Crippen molar-refractivity contribution in [2.45, 2.75) is 24.8 Å². The zero-order chi connectivity index (χ0) is 17.3. The van der Waals surface area contributed by atoms with Gasteiger partial charge in [-0.25, -0.2) is 13.6 Å². The molecule has 0 saturated heterocycles. The van der Waals surface area contributed by atoms with Crippen LogP contribution in [-0.2, 0) is 27.8 Å². The number of amides is 1. The van der Waals surface area contributed by atoms with Crippen LogP contribution in [0.4, 0.5) is 0 Å². The molecule has 1 aliphatic heterocycles. The highest BCUT2D eigenvalue weighted by Crippen LogP contribution is 2.24. The van der Waals surface area contributed by atoms with Gasteiger partial charge >= 0.3 is 0 Å². The van der Waals surface area contributed by atoms with E-state index in [1.807, 2.05) is 23.6 Å². The molecule has 2 heterocycles. The van der Waals surface area contributed by atoms with Gasteiger partial charge in [-0.1, -0.05) is 12.1 Å². The van der Waals surface area contributed by atoms with E-state index in [0.29, 0.717) is 25.1 Å². The van der Waals surface area contributed by atoms with Gasteiger partial charge in [0, 0.05) is 23.5 Å². The molecule has 1 aliphatic rings. The normalized spacial score (nSPS) is 15.2. The standard InChI is InChI=1S/C17H18N2O3S2/c1-12(9-15-3-2-8-23-15)17(20)19-7-6-13-4-5-16(24(18,21)22)10-14(13)11-19/h2-5,8-10H,6-7,11H2,1H3,(H2,18,21,22)/b12-9+. The summed E-state index contributed by atoms with van der Waals surface area (Å²) in [4.78, 5) is 15.5. The lowest BCUT2D eigenvalue weighted by atomic mass is 9.99. The van der Waals surface area contributed by atoms with Crippen molar-refractivity contribution >= 4 is 33.3 Å². The maximum atomic E-state index is 12.6. The summed E-state index contributed by atoms with van der Waals surface area (Å²) in [6.45, 7) is 2.82. The highest BCUT2D eigenvalue weighted by atomic mass is 32.2. The van der Waals surface area contributed by atoms with E-state index >= 15 is 0 Å². The molecule has 3 rings (SSSR count). The van der Waals surface area contributed by atoms with Crippen LogP contribution >= 0.6 is 11.3 Å². The van der Waals surface area contributed by atoms with Crippen molar-refractivity contribution in [3.63, 3.8) is 0 Å². The average Bonchev–Trinajstić information content (AvgIpc) is 3.05. The molecule has 0 fully saturated rings. The summed E-state index contributed by atoms with van der Waals surface area (Å²) in [5, 5.41) is 7.16. The Balaban J connectivity index is 1.82. The van der Waals surface area contributed by atoms with Crippen LogP contribution in [0.2, 0.25) is 0 Å². The van der Waals surface area contributed by atoms with Crippen LogP contribution in [0.5, 0.6) is 0 Å². The third-order valence-electron chi connectivity index (χ3n) is 4.05. The number of nitrogens with two attached hydrogens (primary N) is 1. The fourth-order valence-corrected chi connectivity index (χ4v) is 4.06. The Hall–Kier alpha value is -1.96. The first kappa shape index (κ1) is 16.9. The van der Waals surface area contributed by atoms with Crippen molar-refractivity contribution in [1.82, 2.24) is 4.90 Å². The van der Waals surface area contributed by atoms with Crippen LogP contribution in [0, 0.1) is 0 Å². The van der Waals surface area contributed by atoms with Gasteiger partial charge in [0.1, 0.15) is 0 Å². The minimum atomic E-state index is -3.74. The number of carbonyl (C=O) groups is 1. The summed E-state index contributed by atoms with van der Waals surface area (Å²) < 4.78 is 23.0. The summed E-state index contributed by atoms with van der Waals surface area (Å²) >= 11 is 1.58. The number of rotatable bonds is 3. The molecule has 1 aromatic heterocycles. The number of primary sulfonamides is 1. The van der Waals surface area contributed by atoms with Crippen molar-refractivity contribution in [2.24, 2.45) is 5.14 Å². The highest BCUT2D eigenvalue weighted by Gasteiger charge is 2.23. The van der Waals surface area contributed by atoms with E-state index in [9.17, 15) is 13.2 Å². The molecule has 0 saturated carbocycles. The minimum absolute atomic E-state index is 0.0324. The lowest BCUT2D eigenvalue weighted by Crippen LogP contribution is -2.36. The number of hydrogen-bond donors (Lipinski definition) is 1. The molecule has 126 valence electrons. The predicted octanol–water partition coefficient (Wildman–Crippen LogP) is 2.38. The highest BCUT2D eigenvalue weighted by molar-refractivity contribution is 7.89. The van der Waals surface area contributed by atoms with Crippen LogP contribution in [0.1, 0.15) is 22.9 Å². The number of sulfonamides is 1. The monoisotopic (exact) mass is 362 g/mol. The van der Waals surface area contributed by atoms with Gasteiger partial charge in [-0.05, 0) is 54.1 Å². The molecule has 2 N–H and O–H groups in total. The van der Waals surface area contributed by atoms with E-state index in [-0.39, 0.29) is 10.8 Å². The second-order valence-electron chi connectivity index (χ2n) is 5.80. The molecule has 0 atom stereocenters. The van der Waals surface area contributed by atoms with E-state index in [1.165, 1.54) is 6.07 Å². The molecule has 1 aromatic carbocycles. The second-order valence-corrected chi connectivity index (χ2v) is 8.34. The third-order valence-corrected chi connectivity index (χ3v) is 5.78. The lowest BCUT2D eigenvalue weighted by Gasteiger charge is -2.29. The molecule has 2 aromatic rings. The average molecular weight is 362 g/mol. The van der Waals surface area contributed by atoms with E-state index in [4.69, 9.17) is 5.14 Å². The molecule has 0 aliphatic carbocycles. The van der Waals surface area contributed by atoms with E-state index in [1.54, 1.807) is 35.3 Å². The summed E-state index contributed by atoms with van der Waals surface area (Å²) in [6, 6.07) is 8.78. The Morgan fingerprint density at radius 1 is 1.29 bits per heavy atom. The van der Waals surface area contributed by atoms with Gasteiger partial charge in [0.15, 0.2) is 0 Å². The third kappa shape index (κ3) is 3.58. The van der Waals surface area contributed by atoms with Crippen molar-refractivity contribution in [2.75, 3.05) is 6.54 Å². The van der Waals surface area contributed by atoms with Crippen molar-refractivity contribution in [3.05, 3.63) is 57.3 Å². The Labute approximate surface area is 145 Å². The molecule has 0 bridgehead atoms. The quantitative estimate of drug-likeness (QED) is 0.851. The minimum Gasteiger partial charge on any atom is -0.334 e. The van der Waals surface area contributed by atoms with Gasteiger partial charge in [-0.15, -0.1) is 11.3 Å². The summed E-state index contributed by atoms with van der Waals surface area (Å²) in [7, 11) is -3.74. The Kier molecular flexibility index (Phi) is 4.58.